The molecule has 0 N–H and O–H groups in total. The fourth-order valence-corrected chi connectivity index (χ4v) is 4.99. The molecule has 5 rings (SSSR count). The maximum Gasteiger partial charge on any atom is 0.267 e. The first-order chi connectivity index (χ1) is 17.4. The van der Waals surface area contributed by atoms with Gasteiger partial charge in [0.25, 0.3) is 5.56 Å². The van der Waals surface area contributed by atoms with Crippen LogP contribution in [0, 0.1) is 18.8 Å². The average molecular weight is 486 g/mol. The molecule has 4 heterocycles. The van der Waals surface area contributed by atoms with E-state index in [0.29, 0.717) is 46.5 Å². The van der Waals surface area contributed by atoms with Crippen LogP contribution < -0.4 is 5.56 Å². The third-order valence-electron chi connectivity index (χ3n) is 7.36. The molecule has 9 heteroatoms. The first-order valence-corrected chi connectivity index (χ1v) is 12.5. The van der Waals surface area contributed by atoms with Crippen molar-refractivity contribution in [3.8, 4) is 5.69 Å². The minimum absolute atomic E-state index is 0.0297. The molecule has 1 saturated heterocycles. The minimum Gasteiger partial charge on any atom is -0.296 e. The molecule has 9 nitrogen and oxygen atoms in total. The van der Waals surface area contributed by atoms with Crippen LogP contribution in [0.2, 0.25) is 0 Å². The number of carbonyl (C=O) groups excluding carboxylic acids is 1. The van der Waals surface area contributed by atoms with Crippen molar-refractivity contribution in [3.63, 3.8) is 0 Å². The highest BCUT2D eigenvalue weighted by Gasteiger charge is 2.28. The summed E-state index contributed by atoms with van der Waals surface area (Å²) in [5, 5.41) is 8.52. The molecule has 0 aliphatic carbocycles. The number of fused-ring (bicyclic) bond motifs is 1. The van der Waals surface area contributed by atoms with E-state index in [4.69, 9.17) is 4.98 Å². The smallest absolute Gasteiger partial charge is 0.267 e. The summed E-state index contributed by atoms with van der Waals surface area (Å²) in [4.78, 5) is 39.7. The second-order valence-corrected chi connectivity index (χ2v) is 9.70. The molecule has 3 aromatic heterocycles. The predicted octanol–water partition coefficient (Wildman–Crippen LogP) is 3.43. The first-order valence-electron chi connectivity index (χ1n) is 12.5. The highest BCUT2D eigenvalue weighted by Crippen LogP contribution is 2.27. The van der Waals surface area contributed by atoms with Crippen LogP contribution in [0.5, 0.6) is 0 Å². The molecule has 0 spiro atoms. The Kier molecular flexibility index (Phi) is 6.73. The molecule has 0 saturated carbocycles. The summed E-state index contributed by atoms with van der Waals surface area (Å²) < 4.78 is 1.67. The number of ketones is 1. The summed E-state index contributed by atoms with van der Waals surface area (Å²) in [6, 6.07) is 8.93. The lowest BCUT2D eigenvalue weighted by molar-refractivity contribution is 0.0962. The van der Waals surface area contributed by atoms with Gasteiger partial charge in [0.2, 0.25) is 0 Å². The van der Waals surface area contributed by atoms with Gasteiger partial charge in [0.1, 0.15) is 12.4 Å². The molecule has 1 fully saturated rings. The molecule has 0 radical (unpaired) electrons. The molecule has 36 heavy (non-hydrogen) atoms. The standard InChI is InChI=1S/C27H31N7O2/c1-4-18(2)21-9-13-32(15-21)17-25-31-26-22(6-5-10-28-26)27(36)34(25)23-14-20(8-7-19(23)3)24(35)16-33-29-11-12-30-33/h5-8,10-12,14,18,21H,4,9,13,15-17H2,1-3H3. The third kappa shape index (κ3) is 4.70. The summed E-state index contributed by atoms with van der Waals surface area (Å²) in [5.74, 6) is 1.82. The van der Waals surface area contributed by atoms with Crippen molar-refractivity contribution >= 4 is 16.8 Å². The molecular weight excluding hydrogens is 454 g/mol. The summed E-state index contributed by atoms with van der Waals surface area (Å²) >= 11 is 0. The molecule has 2 unspecified atom stereocenters. The lowest BCUT2D eigenvalue weighted by Gasteiger charge is -2.22. The summed E-state index contributed by atoms with van der Waals surface area (Å²) in [7, 11) is 0. The number of Topliss-reactive ketones (excluding diaryl/α,β-unsaturated/α-hetero) is 1. The molecule has 4 aromatic rings. The summed E-state index contributed by atoms with van der Waals surface area (Å²) in [5.41, 5.74) is 2.31. The number of aromatic nitrogens is 6. The monoisotopic (exact) mass is 485 g/mol. The molecule has 2 atom stereocenters. The van der Waals surface area contributed by atoms with Crippen LogP contribution in [-0.2, 0) is 13.1 Å². The Balaban J connectivity index is 1.56. The fourth-order valence-electron chi connectivity index (χ4n) is 4.99. The van der Waals surface area contributed by atoms with Gasteiger partial charge in [-0.15, -0.1) is 0 Å². The van der Waals surface area contributed by atoms with Gasteiger partial charge < -0.3 is 0 Å². The summed E-state index contributed by atoms with van der Waals surface area (Å²) in [6.45, 7) is 9.02. The Morgan fingerprint density at radius 2 is 1.97 bits per heavy atom. The predicted molar refractivity (Wildman–Crippen MR) is 137 cm³/mol. The number of rotatable bonds is 8. The van der Waals surface area contributed by atoms with Crippen molar-refractivity contribution < 1.29 is 4.79 Å². The lowest BCUT2D eigenvalue weighted by atomic mass is 9.91. The van der Waals surface area contributed by atoms with Crippen LogP contribution in [0.15, 0.2) is 53.7 Å². The van der Waals surface area contributed by atoms with Crippen molar-refractivity contribution in [2.24, 2.45) is 11.8 Å². The van der Waals surface area contributed by atoms with Crippen molar-refractivity contribution in [2.45, 2.75) is 46.7 Å². The number of likely N-dealkylation sites (tertiary alicyclic amines) is 1. The zero-order chi connectivity index (χ0) is 25.2. The van der Waals surface area contributed by atoms with Crippen LogP contribution in [0.25, 0.3) is 16.7 Å². The highest BCUT2D eigenvalue weighted by atomic mass is 16.1. The Bertz CT molecular complexity index is 1440. The number of benzene rings is 1. The van der Waals surface area contributed by atoms with Crippen LogP contribution in [0.4, 0.5) is 0 Å². The van der Waals surface area contributed by atoms with E-state index >= 15 is 0 Å². The van der Waals surface area contributed by atoms with Crippen molar-refractivity contribution in [2.75, 3.05) is 13.1 Å². The topological polar surface area (TPSA) is 98.8 Å². The Morgan fingerprint density at radius 1 is 1.17 bits per heavy atom. The van der Waals surface area contributed by atoms with Crippen LogP contribution in [0.1, 0.15) is 48.4 Å². The number of carbonyl (C=O) groups is 1. The van der Waals surface area contributed by atoms with E-state index in [2.05, 4.69) is 33.9 Å². The fraction of sp³-hybridized carbons (Fsp3) is 0.407. The molecule has 186 valence electrons. The Labute approximate surface area is 209 Å². The lowest BCUT2D eigenvalue weighted by Crippen LogP contribution is -2.30. The number of aryl methyl sites for hydroxylation is 1. The van der Waals surface area contributed by atoms with E-state index in [-0.39, 0.29) is 17.9 Å². The van der Waals surface area contributed by atoms with Crippen LogP contribution >= 0.6 is 0 Å². The quantitative estimate of drug-likeness (QED) is 0.353. The van der Waals surface area contributed by atoms with Crippen LogP contribution in [0.3, 0.4) is 0 Å². The molecule has 0 bridgehead atoms. The van der Waals surface area contributed by atoms with Gasteiger partial charge >= 0.3 is 0 Å². The second-order valence-electron chi connectivity index (χ2n) is 9.70. The molecule has 1 aromatic carbocycles. The van der Waals surface area contributed by atoms with Crippen molar-refractivity contribution in [1.82, 2.24) is 34.4 Å². The van der Waals surface area contributed by atoms with Crippen LogP contribution in [-0.4, -0.2) is 53.3 Å². The average Bonchev–Trinajstić information content (AvgIpc) is 3.57. The van der Waals surface area contributed by atoms with E-state index in [9.17, 15) is 9.59 Å². The summed E-state index contributed by atoms with van der Waals surface area (Å²) in [6.07, 6.45) is 7.05. The maximum atomic E-state index is 13.8. The number of hydrogen-bond donors (Lipinski definition) is 0. The normalized spacial score (nSPS) is 17.0. The first kappa shape index (κ1) is 24.0. The number of hydrogen-bond acceptors (Lipinski definition) is 7. The second kappa shape index (κ2) is 10.1. The largest absolute Gasteiger partial charge is 0.296 e. The zero-order valence-corrected chi connectivity index (χ0v) is 21.0. The van der Waals surface area contributed by atoms with E-state index in [1.165, 1.54) is 4.80 Å². The number of nitrogens with zero attached hydrogens (tertiary/aromatic N) is 7. The van der Waals surface area contributed by atoms with Gasteiger partial charge in [0.15, 0.2) is 11.4 Å². The molecule has 1 aliphatic rings. The van der Waals surface area contributed by atoms with E-state index < -0.39 is 0 Å². The Morgan fingerprint density at radius 3 is 2.75 bits per heavy atom. The SMILES string of the molecule is CCC(C)C1CCN(Cc2nc3ncccc3c(=O)n2-c2cc(C(=O)Cn3nccn3)ccc2C)C1. The third-order valence-corrected chi connectivity index (χ3v) is 7.36. The highest BCUT2D eigenvalue weighted by molar-refractivity contribution is 5.96. The van der Waals surface area contributed by atoms with Gasteiger partial charge in [-0.1, -0.05) is 32.4 Å². The van der Waals surface area contributed by atoms with Gasteiger partial charge in [-0.2, -0.15) is 15.0 Å². The van der Waals surface area contributed by atoms with Gasteiger partial charge in [-0.25, -0.2) is 9.97 Å². The molecular formula is C27H31N7O2. The van der Waals surface area contributed by atoms with E-state index in [0.717, 1.165) is 31.5 Å². The van der Waals surface area contributed by atoms with Crippen molar-refractivity contribution in [3.05, 3.63) is 76.2 Å². The van der Waals surface area contributed by atoms with Crippen molar-refractivity contribution in [1.29, 1.82) is 0 Å². The van der Waals surface area contributed by atoms with Gasteiger partial charge in [-0.3, -0.25) is 19.1 Å². The molecule has 1 aliphatic heterocycles. The Hall–Kier alpha value is -3.72. The van der Waals surface area contributed by atoms with Gasteiger partial charge in [0.05, 0.1) is 30.0 Å². The number of pyridine rings is 1. The minimum atomic E-state index is -0.179. The zero-order valence-electron chi connectivity index (χ0n) is 21.0. The van der Waals surface area contributed by atoms with E-state index in [1.807, 2.05) is 13.0 Å². The van der Waals surface area contributed by atoms with E-state index in [1.54, 1.807) is 47.4 Å². The van der Waals surface area contributed by atoms with Gasteiger partial charge in [0, 0.05) is 18.3 Å². The molecule has 0 amide bonds. The van der Waals surface area contributed by atoms with Gasteiger partial charge in [-0.05, 0) is 55.5 Å². The maximum absolute atomic E-state index is 13.8.